The molecule has 150 valence electrons. The number of carbonyl (C=O) groups excluding carboxylic acids is 2. The maximum Gasteiger partial charge on any atom is 0.226 e. The molecule has 2 rings (SSSR count). The highest BCUT2D eigenvalue weighted by Crippen LogP contribution is 2.30. The van der Waals surface area contributed by atoms with Crippen molar-refractivity contribution in [3.63, 3.8) is 0 Å². The van der Waals surface area contributed by atoms with Crippen molar-refractivity contribution >= 4 is 23.2 Å². The van der Waals surface area contributed by atoms with Crippen molar-refractivity contribution in [3.8, 4) is 0 Å². The fraction of sp³-hybridized carbons (Fsp3) is 0.417. The Bertz CT molecular complexity index is 850. The number of hydrogen-bond donors (Lipinski definition) is 1. The van der Waals surface area contributed by atoms with Crippen LogP contribution in [0.25, 0.3) is 0 Å². The predicted octanol–water partition coefficient (Wildman–Crippen LogP) is 5.24. The highest BCUT2D eigenvalue weighted by atomic mass is 16.2. The molecule has 4 nitrogen and oxygen atoms in total. The Labute approximate surface area is 169 Å². The fourth-order valence-electron chi connectivity index (χ4n) is 3.49. The van der Waals surface area contributed by atoms with E-state index in [1.54, 1.807) is 11.8 Å². The zero-order valence-corrected chi connectivity index (χ0v) is 17.9. The monoisotopic (exact) mass is 380 g/mol. The summed E-state index contributed by atoms with van der Waals surface area (Å²) in [6.45, 7) is 12.4. The number of aryl methyl sites for hydroxylation is 2. The molecule has 0 bridgehead atoms. The molecular formula is C24H32N2O2. The average Bonchev–Trinajstić information content (AvgIpc) is 2.62. The molecule has 2 aromatic rings. The first-order valence-electron chi connectivity index (χ1n) is 9.91. The Morgan fingerprint density at radius 3 is 2.32 bits per heavy atom. The van der Waals surface area contributed by atoms with Gasteiger partial charge in [0.1, 0.15) is 0 Å². The van der Waals surface area contributed by atoms with E-state index < -0.39 is 0 Å². The summed E-state index contributed by atoms with van der Waals surface area (Å²) >= 11 is 0. The standard InChI is InChI=1S/C24H32N2O2/c1-7-19-12-10-11-17(2)23(19)26(18(3)27)16-15-22(28)25-21-14-9-8-13-20(21)24(4,5)6/h8-14H,7,15-16H2,1-6H3,(H,25,28). The Kier molecular flexibility index (Phi) is 7.00. The molecule has 0 fully saturated rings. The Balaban J connectivity index is 2.16. The highest BCUT2D eigenvalue weighted by molar-refractivity contribution is 5.96. The van der Waals surface area contributed by atoms with Gasteiger partial charge in [0.05, 0.1) is 0 Å². The predicted molar refractivity (Wildman–Crippen MR) is 117 cm³/mol. The number of carbonyl (C=O) groups is 2. The molecule has 0 aromatic heterocycles. The van der Waals surface area contributed by atoms with Crippen LogP contribution < -0.4 is 10.2 Å². The van der Waals surface area contributed by atoms with Crippen LogP contribution in [-0.2, 0) is 21.4 Å². The molecule has 0 heterocycles. The molecule has 28 heavy (non-hydrogen) atoms. The number of benzene rings is 2. The molecule has 0 atom stereocenters. The smallest absolute Gasteiger partial charge is 0.226 e. The van der Waals surface area contributed by atoms with Crippen LogP contribution in [0.15, 0.2) is 42.5 Å². The average molecular weight is 381 g/mol. The molecular weight excluding hydrogens is 348 g/mol. The number of nitrogens with one attached hydrogen (secondary N) is 1. The van der Waals surface area contributed by atoms with Gasteiger partial charge in [-0.15, -0.1) is 0 Å². The number of amides is 2. The van der Waals surface area contributed by atoms with E-state index in [0.29, 0.717) is 6.54 Å². The maximum absolute atomic E-state index is 12.6. The van der Waals surface area contributed by atoms with Crippen LogP contribution in [0.3, 0.4) is 0 Å². The summed E-state index contributed by atoms with van der Waals surface area (Å²) in [5.41, 5.74) is 4.97. The van der Waals surface area contributed by atoms with Gasteiger partial charge in [-0.2, -0.15) is 0 Å². The molecule has 0 saturated carbocycles. The minimum absolute atomic E-state index is 0.0492. The summed E-state index contributed by atoms with van der Waals surface area (Å²) in [4.78, 5) is 26.7. The van der Waals surface area contributed by atoms with E-state index in [-0.39, 0.29) is 23.7 Å². The summed E-state index contributed by atoms with van der Waals surface area (Å²) < 4.78 is 0. The molecule has 1 N–H and O–H groups in total. The summed E-state index contributed by atoms with van der Waals surface area (Å²) in [5.74, 6) is -0.138. The number of rotatable bonds is 6. The van der Waals surface area contributed by atoms with Gasteiger partial charge >= 0.3 is 0 Å². The van der Waals surface area contributed by atoms with Crippen LogP contribution in [0.5, 0.6) is 0 Å². The summed E-state index contributed by atoms with van der Waals surface area (Å²) in [6, 6.07) is 13.9. The second-order valence-corrected chi connectivity index (χ2v) is 8.20. The molecule has 0 saturated heterocycles. The molecule has 0 aliphatic carbocycles. The van der Waals surface area contributed by atoms with E-state index in [1.165, 1.54) is 0 Å². The number of nitrogens with zero attached hydrogens (tertiary/aromatic N) is 1. The molecule has 4 heteroatoms. The molecule has 0 aliphatic rings. The van der Waals surface area contributed by atoms with Gasteiger partial charge in [0.15, 0.2) is 0 Å². The largest absolute Gasteiger partial charge is 0.326 e. The lowest BCUT2D eigenvalue weighted by atomic mass is 9.86. The summed E-state index contributed by atoms with van der Waals surface area (Å²) in [6.07, 6.45) is 1.08. The highest BCUT2D eigenvalue weighted by Gasteiger charge is 2.20. The molecule has 2 aromatic carbocycles. The van der Waals surface area contributed by atoms with Gasteiger partial charge in [-0.3, -0.25) is 9.59 Å². The second kappa shape index (κ2) is 9.05. The lowest BCUT2D eigenvalue weighted by Gasteiger charge is -2.26. The summed E-state index contributed by atoms with van der Waals surface area (Å²) in [7, 11) is 0. The zero-order valence-electron chi connectivity index (χ0n) is 17.9. The van der Waals surface area contributed by atoms with Crippen LogP contribution in [0.1, 0.15) is 57.7 Å². The quantitative estimate of drug-likeness (QED) is 0.745. The van der Waals surface area contributed by atoms with Crippen molar-refractivity contribution < 1.29 is 9.59 Å². The van der Waals surface area contributed by atoms with Crippen molar-refractivity contribution in [2.45, 2.75) is 59.8 Å². The summed E-state index contributed by atoms with van der Waals surface area (Å²) in [5, 5.41) is 3.03. The van der Waals surface area contributed by atoms with Gasteiger partial charge in [0.2, 0.25) is 11.8 Å². The normalized spacial score (nSPS) is 11.2. The first kappa shape index (κ1) is 21.7. The second-order valence-electron chi connectivity index (χ2n) is 8.20. The van der Waals surface area contributed by atoms with Crippen LogP contribution >= 0.6 is 0 Å². The minimum Gasteiger partial charge on any atom is -0.326 e. The van der Waals surface area contributed by atoms with Crippen molar-refractivity contribution in [3.05, 3.63) is 59.2 Å². The van der Waals surface area contributed by atoms with Crippen molar-refractivity contribution in [2.75, 3.05) is 16.8 Å². The van der Waals surface area contributed by atoms with E-state index in [0.717, 1.165) is 34.5 Å². The van der Waals surface area contributed by atoms with Crippen LogP contribution in [-0.4, -0.2) is 18.4 Å². The molecule has 0 unspecified atom stereocenters. The van der Waals surface area contributed by atoms with E-state index in [9.17, 15) is 9.59 Å². The first-order valence-corrected chi connectivity index (χ1v) is 9.91. The van der Waals surface area contributed by atoms with E-state index in [2.05, 4.69) is 33.0 Å². The van der Waals surface area contributed by atoms with Crippen molar-refractivity contribution in [2.24, 2.45) is 0 Å². The molecule has 0 spiro atoms. The van der Waals surface area contributed by atoms with Gasteiger partial charge < -0.3 is 10.2 Å². The fourth-order valence-corrected chi connectivity index (χ4v) is 3.49. The molecule has 0 aliphatic heterocycles. The van der Waals surface area contributed by atoms with Crippen LogP contribution in [0.2, 0.25) is 0 Å². The minimum atomic E-state index is -0.0883. The Morgan fingerprint density at radius 1 is 1.04 bits per heavy atom. The first-order chi connectivity index (χ1) is 13.1. The number of para-hydroxylation sites is 2. The van der Waals surface area contributed by atoms with E-state index in [4.69, 9.17) is 0 Å². The molecule has 2 amide bonds. The van der Waals surface area contributed by atoms with Gasteiger partial charge in [-0.1, -0.05) is 64.1 Å². The maximum atomic E-state index is 12.6. The van der Waals surface area contributed by atoms with Crippen LogP contribution in [0.4, 0.5) is 11.4 Å². The van der Waals surface area contributed by atoms with Gasteiger partial charge in [-0.05, 0) is 41.5 Å². The lowest BCUT2D eigenvalue weighted by molar-refractivity contribution is -0.117. The van der Waals surface area contributed by atoms with E-state index >= 15 is 0 Å². The SMILES string of the molecule is CCc1cccc(C)c1N(CCC(=O)Nc1ccccc1C(C)(C)C)C(C)=O. The van der Waals surface area contributed by atoms with Crippen molar-refractivity contribution in [1.82, 2.24) is 0 Å². The molecule has 0 radical (unpaired) electrons. The van der Waals surface area contributed by atoms with Gasteiger partial charge in [0.25, 0.3) is 0 Å². The third kappa shape index (κ3) is 5.22. The van der Waals surface area contributed by atoms with Crippen LogP contribution in [0, 0.1) is 6.92 Å². The van der Waals surface area contributed by atoms with Gasteiger partial charge in [-0.25, -0.2) is 0 Å². The zero-order chi connectivity index (χ0) is 20.9. The van der Waals surface area contributed by atoms with E-state index in [1.807, 2.05) is 49.4 Å². The topological polar surface area (TPSA) is 49.4 Å². The third-order valence-electron chi connectivity index (χ3n) is 4.92. The Morgan fingerprint density at radius 2 is 1.71 bits per heavy atom. The van der Waals surface area contributed by atoms with Crippen molar-refractivity contribution in [1.29, 1.82) is 0 Å². The van der Waals surface area contributed by atoms with Gasteiger partial charge in [0, 0.05) is 31.3 Å². The lowest BCUT2D eigenvalue weighted by Crippen LogP contribution is -2.33. The number of hydrogen-bond acceptors (Lipinski definition) is 2. The number of anilines is 2. The Hall–Kier alpha value is -2.62. The third-order valence-corrected chi connectivity index (χ3v) is 4.92.